The standard InChI is InChI=1S/C15H13NO/c1-2-16(17)15-13-9-5-3-7-11(13)12-8-4-6-10-14(12)15/h3-10H,2H2,1H3. The highest BCUT2D eigenvalue weighted by Gasteiger charge is 2.29. The first-order valence-electron chi connectivity index (χ1n) is 5.83. The van der Waals surface area contributed by atoms with Crippen molar-refractivity contribution in [2.75, 3.05) is 6.54 Å². The molecule has 0 radical (unpaired) electrons. The van der Waals surface area contributed by atoms with Crippen LogP contribution in [0.1, 0.15) is 18.1 Å². The molecule has 0 bridgehead atoms. The summed E-state index contributed by atoms with van der Waals surface area (Å²) in [6.07, 6.45) is 0. The van der Waals surface area contributed by atoms with Gasteiger partial charge in [-0.2, -0.15) is 0 Å². The average Bonchev–Trinajstić information content (AvgIpc) is 2.72. The van der Waals surface area contributed by atoms with Gasteiger partial charge in [0.2, 0.25) is 5.71 Å². The van der Waals surface area contributed by atoms with Crippen LogP contribution in [0, 0.1) is 5.21 Å². The van der Waals surface area contributed by atoms with Crippen molar-refractivity contribution in [1.29, 1.82) is 0 Å². The zero-order valence-corrected chi connectivity index (χ0v) is 9.68. The quantitative estimate of drug-likeness (QED) is 0.354. The van der Waals surface area contributed by atoms with Gasteiger partial charge in [-0.1, -0.05) is 36.4 Å². The molecule has 0 aromatic heterocycles. The highest BCUT2D eigenvalue weighted by Crippen LogP contribution is 2.36. The average molecular weight is 223 g/mol. The fourth-order valence-electron chi connectivity index (χ4n) is 2.42. The lowest BCUT2D eigenvalue weighted by molar-refractivity contribution is -0.452. The second-order valence-electron chi connectivity index (χ2n) is 4.13. The molecule has 0 saturated heterocycles. The maximum absolute atomic E-state index is 12.0. The predicted molar refractivity (Wildman–Crippen MR) is 69.3 cm³/mol. The highest BCUT2D eigenvalue weighted by molar-refractivity contribution is 6.22. The van der Waals surface area contributed by atoms with Crippen LogP contribution in [-0.2, 0) is 0 Å². The van der Waals surface area contributed by atoms with Crippen LogP contribution in [0.3, 0.4) is 0 Å². The zero-order chi connectivity index (χ0) is 11.8. The minimum Gasteiger partial charge on any atom is -0.623 e. The Hall–Kier alpha value is -2.09. The lowest BCUT2D eigenvalue weighted by Crippen LogP contribution is -2.15. The molecule has 0 aliphatic heterocycles. The highest BCUT2D eigenvalue weighted by atomic mass is 16.5. The van der Waals surface area contributed by atoms with Gasteiger partial charge in [0.05, 0.1) is 11.1 Å². The van der Waals surface area contributed by atoms with E-state index in [4.69, 9.17) is 0 Å². The molecule has 2 aromatic carbocycles. The number of hydrogen-bond acceptors (Lipinski definition) is 1. The molecule has 2 aromatic rings. The molecule has 1 aliphatic rings. The minimum absolute atomic E-state index is 0.470. The third kappa shape index (κ3) is 1.37. The Morgan fingerprint density at radius 1 is 0.824 bits per heavy atom. The first kappa shape index (κ1) is 10.1. The molecule has 0 saturated carbocycles. The second kappa shape index (κ2) is 3.74. The van der Waals surface area contributed by atoms with E-state index >= 15 is 0 Å². The van der Waals surface area contributed by atoms with E-state index in [1.807, 2.05) is 43.3 Å². The van der Waals surface area contributed by atoms with Crippen molar-refractivity contribution in [2.45, 2.75) is 6.92 Å². The van der Waals surface area contributed by atoms with E-state index in [-0.39, 0.29) is 0 Å². The van der Waals surface area contributed by atoms with E-state index in [2.05, 4.69) is 12.1 Å². The maximum Gasteiger partial charge on any atom is 0.226 e. The normalized spacial score (nSPS) is 12.2. The second-order valence-corrected chi connectivity index (χ2v) is 4.13. The van der Waals surface area contributed by atoms with Crippen molar-refractivity contribution in [3.63, 3.8) is 0 Å². The molecule has 84 valence electrons. The maximum atomic E-state index is 12.0. The first-order chi connectivity index (χ1) is 8.33. The van der Waals surface area contributed by atoms with Crippen LogP contribution in [0.15, 0.2) is 48.5 Å². The molecule has 0 unspecified atom stereocenters. The monoisotopic (exact) mass is 223 g/mol. The number of hydrogen-bond donors (Lipinski definition) is 0. The Balaban J connectivity index is 2.39. The Morgan fingerprint density at radius 3 is 1.65 bits per heavy atom. The van der Waals surface area contributed by atoms with E-state index in [0.29, 0.717) is 6.54 Å². The van der Waals surface area contributed by atoms with Gasteiger partial charge < -0.3 is 5.21 Å². The number of benzene rings is 2. The van der Waals surface area contributed by atoms with Crippen LogP contribution in [0.2, 0.25) is 0 Å². The molecule has 0 spiro atoms. The van der Waals surface area contributed by atoms with E-state index < -0.39 is 0 Å². The summed E-state index contributed by atoms with van der Waals surface area (Å²) in [7, 11) is 0. The third-order valence-corrected chi connectivity index (χ3v) is 3.19. The fourth-order valence-corrected chi connectivity index (χ4v) is 2.42. The number of nitrogens with zero attached hydrogens (tertiary/aromatic N) is 1. The van der Waals surface area contributed by atoms with Crippen molar-refractivity contribution in [3.8, 4) is 11.1 Å². The number of hydroxylamine groups is 1. The first-order valence-corrected chi connectivity index (χ1v) is 5.83. The van der Waals surface area contributed by atoms with Gasteiger partial charge in [0, 0.05) is 0 Å². The summed E-state index contributed by atoms with van der Waals surface area (Å²) < 4.78 is 1.07. The Labute approximate surface area is 100 Å². The molecule has 0 N–H and O–H groups in total. The van der Waals surface area contributed by atoms with Gasteiger partial charge in [0.15, 0.2) is 6.54 Å². The summed E-state index contributed by atoms with van der Waals surface area (Å²) in [6, 6.07) is 16.2. The molecule has 0 atom stereocenters. The fraction of sp³-hybridized carbons (Fsp3) is 0.133. The van der Waals surface area contributed by atoms with Crippen molar-refractivity contribution in [2.24, 2.45) is 0 Å². The van der Waals surface area contributed by atoms with Gasteiger partial charge in [-0.3, -0.25) is 0 Å². The summed E-state index contributed by atoms with van der Waals surface area (Å²) in [5.41, 5.74) is 5.22. The summed E-state index contributed by atoms with van der Waals surface area (Å²) in [5, 5.41) is 12.0. The van der Waals surface area contributed by atoms with Crippen LogP contribution >= 0.6 is 0 Å². The smallest absolute Gasteiger partial charge is 0.226 e. The molecule has 17 heavy (non-hydrogen) atoms. The van der Waals surface area contributed by atoms with Crippen molar-refractivity contribution < 1.29 is 4.74 Å². The SMILES string of the molecule is CC[N+]([O-])=C1c2ccccc2-c2ccccc21. The van der Waals surface area contributed by atoms with Gasteiger partial charge in [0.1, 0.15) is 0 Å². The van der Waals surface area contributed by atoms with Crippen molar-refractivity contribution in [1.82, 2.24) is 0 Å². The number of rotatable bonds is 1. The summed E-state index contributed by atoms with van der Waals surface area (Å²) in [6.45, 7) is 2.35. The van der Waals surface area contributed by atoms with Gasteiger partial charge in [0.25, 0.3) is 0 Å². The molecule has 2 nitrogen and oxygen atoms in total. The largest absolute Gasteiger partial charge is 0.623 e. The van der Waals surface area contributed by atoms with Gasteiger partial charge in [-0.15, -0.1) is 0 Å². The Bertz CT molecular complexity index is 566. The van der Waals surface area contributed by atoms with Crippen LogP contribution < -0.4 is 0 Å². The van der Waals surface area contributed by atoms with Crippen LogP contribution in [-0.4, -0.2) is 17.0 Å². The lowest BCUT2D eigenvalue weighted by Gasteiger charge is -2.06. The van der Waals surface area contributed by atoms with Crippen LogP contribution in [0.4, 0.5) is 0 Å². The van der Waals surface area contributed by atoms with Crippen molar-refractivity contribution in [3.05, 3.63) is 64.9 Å². The van der Waals surface area contributed by atoms with E-state index in [0.717, 1.165) is 32.7 Å². The summed E-state index contributed by atoms with van der Waals surface area (Å²) in [4.78, 5) is 0. The molecular weight excluding hydrogens is 210 g/mol. The van der Waals surface area contributed by atoms with Crippen LogP contribution in [0.25, 0.3) is 11.1 Å². The predicted octanol–water partition coefficient (Wildman–Crippen LogP) is 3.03. The van der Waals surface area contributed by atoms with Gasteiger partial charge in [-0.05, 0) is 30.2 Å². The molecule has 2 heteroatoms. The molecule has 0 fully saturated rings. The topological polar surface area (TPSA) is 26.1 Å². The summed E-state index contributed by atoms with van der Waals surface area (Å²) in [5.74, 6) is 0. The van der Waals surface area contributed by atoms with Crippen molar-refractivity contribution >= 4 is 5.71 Å². The van der Waals surface area contributed by atoms with Gasteiger partial charge in [-0.25, -0.2) is 4.74 Å². The molecule has 1 aliphatic carbocycles. The Morgan fingerprint density at radius 2 is 1.24 bits per heavy atom. The lowest BCUT2D eigenvalue weighted by atomic mass is 10.1. The summed E-state index contributed by atoms with van der Waals surface area (Å²) >= 11 is 0. The molecular formula is C15H13NO. The zero-order valence-electron chi connectivity index (χ0n) is 9.68. The van der Waals surface area contributed by atoms with E-state index in [9.17, 15) is 5.21 Å². The molecule has 0 amide bonds. The van der Waals surface area contributed by atoms with Gasteiger partial charge >= 0.3 is 0 Å². The van der Waals surface area contributed by atoms with Crippen LogP contribution in [0.5, 0.6) is 0 Å². The van der Waals surface area contributed by atoms with E-state index in [1.54, 1.807) is 0 Å². The molecule has 0 heterocycles. The van der Waals surface area contributed by atoms with E-state index in [1.165, 1.54) is 0 Å². The minimum atomic E-state index is 0.470. The number of fused-ring (bicyclic) bond motifs is 3. The Kier molecular flexibility index (Phi) is 2.22. The third-order valence-electron chi connectivity index (χ3n) is 3.19. The molecule has 3 rings (SSSR count).